The molecule has 1 saturated heterocycles. The normalized spacial score (nSPS) is 21.2. The van der Waals surface area contributed by atoms with Crippen molar-refractivity contribution < 1.29 is 4.74 Å². The van der Waals surface area contributed by atoms with Gasteiger partial charge in [-0.1, -0.05) is 29.3 Å². The molecule has 3 N–H and O–H groups in total. The molecule has 100 valence electrons. The molecule has 0 bridgehead atoms. The van der Waals surface area contributed by atoms with Gasteiger partial charge in [-0.05, 0) is 43.4 Å². The molecule has 18 heavy (non-hydrogen) atoms. The molecule has 1 aliphatic heterocycles. The first-order chi connectivity index (χ1) is 8.69. The SMILES string of the molecule is NNC(Cc1ccc(Cl)cc1Cl)CC1CCCO1. The van der Waals surface area contributed by atoms with Gasteiger partial charge < -0.3 is 4.74 Å². The lowest BCUT2D eigenvalue weighted by molar-refractivity contribution is 0.0946. The minimum Gasteiger partial charge on any atom is -0.378 e. The highest BCUT2D eigenvalue weighted by Gasteiger charge is 2.21. The number of nitrogens with one attached hydrogen (secondary N) is 1. The molecule has 3 nitrogen and oxygen atoms in total. The highest BCUT2D eigenvalue weighted by atomic mass is 35.5. The molecule has 0 amide bonds. The zero-order valence-electron chi connectivity index (χ0n) is 10.2. The molecule has 0 saturated carbocycles. The van der Waals surface area contributed by atoms with E-state index in [1.807, 2.05) is 12.1 Å². The van der Waals surface area contributed by atoms with E-state index in [0.717, 1.165) is 37.9 Å². The van der Waals surface area contributed by atoms with Gasteiger partial charge in [0.15, 0.2) is 0 Å². The Hall–Kier alpha value is -0.320. The molecule has 2 rings (SSSR count). The number of rotatable bonds is 5. The molecule has 2 unspecified atom stereocenters. The lowest BCUT2D eigenvalue weighted by Crippen LogP contribution is -2.39. The summed E-state index contributed by atoms with van der Waals surface area (Å²) in [6.07, 6.45) is 4.27. The first-order valence-electron chi connectivity index (χ1n) is 6.20. The summed E-state index contributed by atoms with van der Waals surface area (Å²) in [5.41, 5.74) is 3.91. The van der Waals surface area contributed by atoms with Gasteiger partial charge in [0.05, 0.1) is 6.10 Å². The maximum Gasteiger partial charge on any atom is 0.0591 e. The van der Waals surface area contributed by atoms with E-state index in [1.54, 1.807) is 6.07 Å². The van der Waals surface area contributed by atoms with Gasteiger partial charge in [-0.15, -0.1) is 0 Å². The molecule has 5 heteroatoms. The molecule has 1 aromatic carbocycles. The standard InChI is InChI=1S/C13H18Cl2N2O/c14-10-4-3-9(13(15)7-10)6-11(17-16)8-12-2-1-5-18-12/h3-4,7,11-12,17H,1-2,5-6,8,16H2. The van der Waals surface area contributed by atoms with Crippen LogP contribution in [0.1, 0.15) is 24.8 Å². The van der Waals surface area contributed by atoms with Crippen LogP contribution in [0.4, 0.5) is 0 Å². The molecule has 1 aliphatic rings. The number of ether oxygens (including phenoxy) is 1. The van der Waals surface area contributed by atoms with Crippen LogP contribution in [0.3, 0.4) is 0 Å². The second kappa shape index (κ2) is 6.73. The number of nitrogens with two attached hydrogens (primary N) is 1. The molecule has 1 fully saturated rings. The summed E-state index contributed by atoms with van der Waals surface area (Å²) in [5, 5.41) is 1.34. The van der Waals surface area contributed by atoms with Crippen LogP contribution in [0.15, 0.2) is 18.2 Å². The van der Waals surface area contributed by atoms with E-state index >= 15 is 0 Å². The van der Waals surface area contributed by atoms with Gasteiger partial charge in [0, 0.05) is 22.7 Å². The monoisotopic (exact) mass is 288 g/mol. The van der Waals surface area contributed by atoms with Crippen molar-refractivity contribution in [3.05, 3.63) is 33.8 Å². The summed E-state index contributed by atoms with van der Waals surface area (Å²) in [4.78, 5) is 0. The summed E-state index contributed by atoms with van der Waals surface area (Å²) in [5.74, 6) is 5.60. The van der Waals surface area contributed by atoms with Crippen molar-refractivity contribution in [1.29, 1.82) is 0 Å². The van der Waals surface area contributed by atoms with Crippen molar-refractivity contribution in [3.63, 3.8) is 0 Å². The van der Waals surface area contributed by atoms with Crippen molar-refractivity contribution in [2.45, 2.75) is 37.8 Å². The van der Waals surface area contributed by atoms with Gasteiger partial charge in [0.25, 0.3) is 0 Å². The van der Waals surface area contributed by atoms with Crippen molar-refractivity contribution in [2.75, 3.05) is 6.61 Å². The molecule has 0 radical (unpaired) electrons. The average Bonchev–Trinajstić information content (AvgIpc) is 2.84. The number of hydrazine groups is 1. The minimum atomic E-state index is 0.173. The van der Waals surface area contributed by atoms with Gasteiger partial charge in [0.1, 0.15) is 0 Å². The Morgan fingerprint density at radius 2 is 2.28 bits per heavy atom. The van der Waals surface area contributed by atoms with Crippen molar-refractivity contribution in [2.24, 2.45) is 5.84 Å². The van der Waals surface area contributed by atoms with E-state index in [-0.39, 0.29) is 6.04 Å². The lowest BCUT2D eigenvalue weighted by atomic mass is 10.00. The van der Waals surface area contributed by atoms with Crippen LogP contribution in [0.25, 0.3) is 0 Å². The number of hydrogen-bond acceptors (Lipinski definition) is 3. The Morgan fingerprint density at radius 3 is 2.89 bits per heavy atom. The summed E-state index contributed by atoms with van der Waals surface area (Å²) < 4.78 is 5.62. The van der Waals surface area contributed by atoms with Crippen LogP contribution in [0, 0.1) is 0 Å². The number of halogens is 2. The number of benzene rings is 1. The summed E-state index contributed by atoms with van der Waals surface area (Å²) in [6, 6.07) is 5.73. The average molecular weight is 289 g/mol. The van der Waals surface area contributed by atoms with Gasteiger partial charge in [-0.2, -0.15) is 0 Å². The van der Waals surface area contributed by atoms with Gasteiger partial charge >= 0.3 is 0 Å². The zero-order chi connectivity index (χ0) is 13.0. The summed E-state index contributed by atoms with van der Waals surface area (Å²) >= 11 is 12.0. The van der Waals surface area contributed by atoms with Crippen molar-refractivity contribution in [3.8, 4) is 0 Å². The Bertz CT molecular complexity index is 395. The smallest absolute Gasteiger partial charge is 0.0591 e. The van der Waals surface area contributed by atoms with Crippen molar-refractivity contribution in [1.82, 2.24) is 5.43 Å². The third-order valence-electron chi connectivity index (χ3n) is 3.29. The molecule has 0 spiro atoms. The topological polar surface area (TPSA) is 47.3 Å². The predicted octanol–water partition coefficient (Wildman–Crippen LogP) is 2.94. The van der Waals surface area contributed by atoms with E-state index < -0.39 is 0 Å². The largest absolute Gasteiger partial charge is 0.378 e. The van der Waals surface area contributed by atoms with Crippen LogP contribution in [-0.4, -0.2) is 18.8 Å². The second-order valence-corrected chi connectivity index (χ2v) is 5.52. The predicted molar refractivity (Wildman–Crippen MR) is 74.9 cm³/mol. The minimum absolute atomic E-state index is 0.173. The second-order valence-electron chi connectivity index (χ2n) is 4.67. The Kier molecular flexibility index (Phi) is 5.27. The maximum absolute atomic E-state index is 6.16. The molecular formula is C13H18Cl2N2O. The highest BCUT2D eigenvalue weighted by Crippen LogP contribution is 2.24. The first kappa shape index (κ1) is 14.1. The molecule has 2 atom stereocenters. The number of hydrogen-bond donors (Lipinski definition) is 2. The first-order valence-corrected chi connectivity index (χ1v) is 6.96. The Balaban J connectivity index is 1.96. The summed E-state index contributed by atoms with van der Waals surface area (Å²) in [6.45, 7) is 0.865. The Morgan fingerprint density at radius 1 is 1.44 bits per heavy atom. The van der Waals surface area contributed by atoms with E-state index in [0.29, 0.717) is 16.1 Å². The van der Waals surface area contributed by atoms with E-state index in [4.69, 9.17) is 33.8 Å². The van der Waals surface area contributed by atoms with E-state index in [9.17, 15) is 0 Å². The van der Waals surface area contributed by atoms with Crippen LogP contribution in [0.2, 0.25) is 10.0 Å². The van der Waals surface area contributed by atoms with Gasteiger partial charge in [-0.3, -0.25) is 11.3 Å². The van der Waals surface area contributed by atoms with Crippen molar-refractivity contribution >= 4 is 23.2 Å². The fourth-order valence-corrected chi connectivity index (χ4v) is 2.80. The van der Waals surface area contributed by atoms with Crippen LogP contribution in [-0.2, 0) is 11.2 Å². The highest BCUT2D eigenvalue weighted by molar-refractivity contribution is 6.35. The molecular weight excluding hydrogens is 271 g/mol. The zero-order valence-corrected chi connectivity index (χ0v) is 11.7. The van der Waals surface area contributed by atoms with Gasteiger partial charge in [0.2, 0.25) is 0 Å². The van der Waals surface area contributed by atoms with E-state index in [1.165, 1.54) is 0 Å². The van der Waals surface area contributed by atoms with Crippen LogP contribution in [0.5, 0.6) is 0 Å². The molecule has 0 aliphatic carbocycles. The third kappa shape index (κ3) is 3.84. The molecule has 0 aromatic heterocycles. The lowest BCUT2D eigenvalue weighted by Gasteiger charge is -2.20. The van der Waals surface area contributed by atoms with Crippen LogP contribution >= 0.6 is 23.2 Å². The van der Waals surface area contributed by atoms with Gasteiger partial charge in [-0.25, -0.2) is 0 Å². The summed E-state index contributed by atoms with van der Waals surface area (Å²) in [7, 11) is 0. The quantitative estimate of drug-likeness (QED) is 0.647. The Labute approximate surface area is 118 Å². The molecule has 1 aromatic rings. The fraction of sp³-hybridized carbons (Fsp3) is 0.538. The fourth-order valence-electron chi connectivity index (χ4n) is 2.31. The maximum atomic E-state index is 6.16. The molecule has 1 heterocycles. The van der Waals surface area contributed by atoms with Crippen LogP contribution < -0.4 is 11.3 Å². The third-order valence-corrected chi connectivity index (χ3v) is 3.88. The van der Waals surface area contributed by atoms with E-state index in [2.05, 4.69) is 5.43 Å².